The van der Waals surface area contributed by atoms with Gasteiger partial charge in [0.05, 0.1) is 18.6 Å². The number of aromatic nitrogens is 1. The zero-order chi connectivity index (χ0) is 25.6. The van der Waals surface area contributed by atoms with E-state index in [1.807, 2.05) is 11.6 Å². The molecule has 0 aliphatic heterocycles. The molecule has 0 saturated heterocycles. The van der Waals surface area contributed by atoms with Crippen molar-refractivity contribution in [2.75, 3.05) is 12.9 Å². The number of H-pyrrole nitrogens is 1. The predicted molar refractivity (Wildman–Crippen MR) is 135 cm³/mol. The first kappa shape index (κ1) is 26.2. The van der Waals surface area contributed by atoms with Crippen LogP contribution in [0.2, 0.25) is 0 Å². The molecule has 1 aromatic heterocycles. The number of benzene rings is 2. The second kappa shape index (κ2) is 11.3. The molecular weight excluding hydrogens is 471 g/mol. The van der Waals surface area contributed by atoms with Gasteiger partial charge in [0.25, 0.3) is 11.5 Å². The number of unbranched alkanes of at least 4 members (excludes halogenated alkanes) is 3. The first-order valence-corrected chi connectivity index (χ1v) is 13.3. The average molecular weight is 501 g/mol. The van der Waals surface area contributed by atoms with E-state index in [1.165, 1.54) is 18.2 Å². The molecule has 0 bridgehead atoms. The van der Waals surface area contributed by atoms with Gasteiger partial charge in [0.15, 0.2) is 0 Å². The van der Waals surface area contributed by atoms with Crippen LogP contribution in [0.3, 0.4) is 0 Å². The maximum absolute atomic E-state index is 15.0. The number of amides is 1. The van der Waals surface area contributed by atoms with E-state index in [0.29, 0.717) is 17.9 Å². The van der Waals surface area contributed by atoms with E-state index >= 15 is 4.39 Å². The highest BCUT2D eigenvalue weighted by molar-refractivity contribution is 7.89. The van der Waals surface area contributed by atoms with Crippen molar-refractivity contribution in [1.82, 2.24) is 9.71 Å². The first-order valence-electron chi connectivity index (χ1n) is 11.4. The molecule has 3 rings (SSSR count). The van der Waals surface area contributed by atoms with Gasteiger partial charge in [0.2, 0.25) is 10.0 Å². The van der Waals surface area contributed by atoms with Crippen molar-refractivity contribution in [2.24, 2.45) is 0 Å². The third kappa shape index (κ3) is 7.02. The van der Waals surface area contributed by atoms with E-state index < -0.39 is 27.3 Å². The Kier molecular flexibility index (Phi) is 8.45. The van der Waals surface area contributed by atoms with E-state index in [9.17, 15) is 18.0 Å². The molecule has 0 saturated carbocycles. The third-order valence-corrected chi connectivity index (χ3v) is 5.95. The predicted octanol–water partition coefficient (Wildman–Crippen LogP) is 4.80. The maximum Gasteiger partial charge on any atom is 0.270 e. The zero-order valence-corrected chi connectivity index (χ0v) is 20.8. The fraction of sp³-hybridized carbons (Fsp3) is 0.308. The molecule has 0 atom stereocenters. The molecule has 0 fully saturated rings. The minimum absolute atomic E-state index is 0.115. The van der Waals surface area contributed by atoms with Crippen LogP contribution in [0.25, 0.3) is 22.4 Å². The number of rotatable bonds is 10. The van der Waals surface area contributed by atoms with Crippen LogP contribution >= 0.6 is 0 Å². The number of halogens is 1. The lowest BCUT2D eigenvalue weighted by Gasteiger charge is -2.13. The number of carbonyl (C=O) groups is 1. The van der Waals surface area contributed by atoms with Crippen molar-refractivity contribution >= 4 is 15.9 Å². The molecule has 1 amide bonds. The summed E-state index contributed by atoms with van der Waals surface area (Å²) in [5.74, 6) is -1.29. The Balaban J connectivity index is 2.01. The minimum Gasteiger partial charge on any atom is -0.493 e. The Bertz CT molecular complexity index is 1370. The van der Waals surface area contributed by atoms with Gasteiger partial charge in [0, 0.05) is 17.2 Å². The minimum atomic E-state index is -3.91. The van der Waals surface area contributed by atoms with Gasteiger partial charge in [-0.25, -0.2) is 17.5 Å². The molecule has 0 aliphatic rings. The second-order valence-corrected chi connectivity index (χ2v) is 10.2. The standard InChI is InChI=1S/C26H29FN2O5S/c1-4-5-6-7-14-34-19-12-13-20(22(27)15-19)23-16-21(18-10-8-17(2)9-11-18)24(25(30)28-23)26(31)29-35(3,32)33/h8-13,15-16H,4-7,14H2,1-3H3,(H,28,30)(H,29,31). The van der Waals surface area contributed by atoms with E-state index in [1.54, 1.807) is 30.3 Å². The number of hydrogen-bond acceptors (Lipinski definition) is 5. The van der Waals surface area contributed by atoms with Crippen LogP contribution < -0.4 is 15.0 Å². The Morgan fingerprint density at radius 1 is 1.03 bits per heavy atom. The summed E-state index contributed by atoms with van der Waals surface area (Å²) in [6, 6.07) is 12.8. The molecule has 7 nitrogen and oxygen atoms in total. The number of aromatic amines is 1. The number of hydrogen-bond donors (Lipinski definition) is 2. The van der Waals surface area contributed by atoms with E-state index in [-0.39, 0.29) is 22.4 Å². The Hall–Kier alpha value is -3.46. The highest BCUT2D eigenvalue weighted by Gasteiger charge is 2.22. The monoisotopic (exact) mass is 500 g/mol. The molecular formula is C26H29FN2O5S. The van der Waals surface area contributed by atoms with Gasteiger partial charge < -0.3 is 9.72 Å². The highest BCUT2D eigenvalue weighted by Crippen LogP contribution is 2.30. The molecule has 186 valence electrons. The van der Waals surface area contributed by atoms with Crippen molar-refractivity contribution in [3.05, 3.63) is 75.8 Å². The summed E-state index contributed by atoms with van der Waals surface area (Å²) in [5.41, 5.74) is 0.689. The lowest BCUT2D eigenvalue weighted by atomic mass is 9.97. The molecule has 0 radical (unpaired) electrons. The molecule has 35 heavy (non-hydrogen) atoms. The first-order chi connectivity index (χ1) is 16.6. The average Bonchev–Trinajstić information content (AvgIpc) is 2.77. The van der Waals surface area contributed by atoms with Crippen molar-refractivity contribution < 1.29 is 22.3 Å². The number of aryl methyl sites for hydroxylation is 1. The van der Waals surface area contributed by atoms with E-state index in [0.717, 1.165) is 37.5 Å². The number of carbonyl (C=O) groups excluding carboxylic acids is 1. The molecule has 0 aliphatic carbocycles. The fourth-order valence-corrected chi connectivity index (χ4v) is 4.07. The highest BCUT2D eigenvalue weighted by atomic mass is 32.2. The summed E-state index contributed by atoms with van der Waals surface area (Å²) < 4.78 is 45.7. The van der Waals surface area contributed by atoms with Gasteiger partial charge in [0.1, 0.15) is 17.1 Å². The summed E-state index contributed by atoms with van der Waals surface area (Å²) in [6.45, 7) is 4.48. The topological polar surface area (TPSA) is 105 Å². The van der Waals surface area contributed by atoms with Crippen LogP contribution in [-0.4, -0.2) is 32.2 Å². The normalized spacial score (nSPS) is 11.3. The summed E-state index contributed by atoms with van der Waals surface area (Å²) in [4.78, 5) is 28.1. The number of sulfonamides is 1. The Morgan fingerprint density at radius 3 is 2.37 bits per heavy atom. The molecule has 0 unspecified atom stereocenters. The molecule has 0 spiro atoms. The van der Waals surface area contributed by atoms with Gasteiger partial charge in [-0.1, -0.05) is 56.0 Å². The van der Waals surface area contributed by atoms with Crippen LogP contribution in [0.5, 0.6) is 5.75 Å². The van der Waals surface area contributed by atoms with Gasteiger partial charge in [-0.2, -0.15) is 0 Å². The summed E-state index contributed by atoms with van der Waals surface area (Å²) in [6.07, 6.45) is 4.97. The molecule has 2 aromatic carbocycles. The lowest BCUT2D eigenvalue weighted by Crippen LogP contribution is -2.34. The largest absolute Gasteiger partial charge is 0.493 e. The molecule has 3 aromatic rings. The van der Waals surface area contributed by atoms with Crippen molar-refractivity contribution in [1.29, 1.82) is 0 Å². The second-order valence-electron chi connectivity index (χ2n) is 8.42. The van der Waals surface area contributed by atoms with Gasteiger partial charge in [-0.3, -0.25) is 9.59 Å². The Morgan fingerprint density at radius 2 is 1.74 bits per heavy atom. The fourth-order valence-electron chi connectivity index (χ4n) is 3.63. The van der Waals surface area contributed by atoms with Gasteiger partial charge >= 0.3 is 0 Å². The van der Waals surface area contributed by atoms with E-state index in [2.05, 4.69) is 11.9 Å². The van der Waals surface area contributed by atoms with Crippen LogP contribution in [0.4, 0.5) is 4.39 Å². The van der Waals surface area contributed by atoms with Crippen LogP contribution in [0.1, 0.15) is 48.5 Å². The van der Waals surface area contributed by atoms with Crippen LogP contribution in [0, 0.1) is 12.7 Å². The summed E-state index contributed by atoms with van der Waals surface area (Å²) >= 11 is 0. The SMILES string of the molecule is CCCCCCOc1ccc(-c2cc(-c3ccc(C)cc3)c(C(=O)NS(C)(=O)=O)c(=O)[nH]2)c(F)c1. The maximum atomic E-state index is 15.0. The Labute approximate surface area is 204 Å². The van der Waals surface area contributed by atoms with Crippen LogP contribution in [0.15, 0.2) is 53.3 Å². The zero-order valence-electron chi connectivity index (χ0n) is 20.0. The summed E-state index contributed by atoms with van der Waals surface area (Å²) in [7, 11) is -3.91. The molecule has 2 N–H and O–H groups in total. The molecule has 1 heterocycles. The summed E-state index contributed by atoms with van der Waals surface area (Å²) in [5, 5.41) is 0. The van der Waals surface area contributed by atoms with E-state index in [4.69, 9.17) is 4.74 Å². The molecule has 9 heteroatoms. The third-order valence-electron chi connectivity index (χ3n) is 5.40. The van der Waals surface area contributed by atoms with Crippen molar-refractivity contribution in [2.45, 2.75) is 39.5 Å². The smallest absolute Gasteiger partial charge is 0.270 e. The van der Waals surface area contributed by atoms with Crippen LogP contribution in [-0.2, 0) is 10.0 Å². The van der Waals surface area contributed by atoms with Gasteiger partial charge in [-0.15, -0.1) is 0 Å². The lowest BCUT2D eigenvalue weighted by molar-refractivity contribution is 0.0981. The number of pyridine rings is 1. The quantitative estimate of drug-likeness (QED) is 0.389. The number of ether oxygens (including phenoxy) is 1. The van der Waals surface area contributed by atoms with Crippen molar-refractivity contribution in [3.8, 4) is 28.1 Å². The van der Waals surface area contributed by atoms with Gasteiger partial charge in [-0.05, 0) is 37.1 Å². The van der Waals surface area contributed by atoms with Crippen molar-refractivity contribution in [3.63, 3.8) is 0 Å². The number of nitrogens with one attached hydrogen (secondary N) is 2.